The van der Waals surface area contributed by atoms with Crippen LogP contribution in [0.15, 0.2) is 28.7 Å². The van der Waals surface area contributed by atoms with Gasteiger partial charge in [-0.2, -0.15) is 0 Å². The molecule has 6 heteroatoms. The molecule has 0 saturated heterocycles. The average Bonchev–Trinajstić information content (AvgIpc) is 2.67. The molecule has 1 aromatic carbocycles. The molecule has 0 spiro atoms. The van der Waals surface area contributed by atoms with Gasteiger partial charge in [0.05, 0.1) is 0 Å². The van der Waals surface area contributed by atoms with E-state index in [4.69, 9.17) is 5.11 Å². The number of benzene rings is 1. The van der Waals surface area contributed by atoms with Crippen LogP contribution in [-0.4, -0.2) is 20.7 Å². The largest absolute Gasteiger partial charge is 0.477 e. The highest BCUT2D eigenvalue weighted by Crippen LogP contribution is 2.25. The Hall–Kier alpha value is -1.27. The molecule has 0 bridgehead atoms. The summed E-state index contributed by atoms with van der Waals surface area (Å²) in [5.74, 6) is -0.997. The van der Waals surface area contributed by atoms with E-state index in [9.17, 15) is 4.79 Å². The molecule has 15 heavy (non-hydrogen) atoms. The summed E-state index contributed by atoms with van der Waals surface area (Å²) in [6, 6.07) is 7.27. The zero-order valence-corrected chi connectivity index (χ0v) is 9.75. The van der Waals surface area contributed by atoms with Crippen molar-refractivity contribution in [2.45, 2.75) is 0 Å². The number of carboxylic acids is 1. The first kappa shape index (κ1) is 10.3. The molecule has 1 heterocycles. The molecular formula is C9H5BrN2O2S. The van der Waals surface area contributed by atoms with Gasteiger partial charge in [0.1, 0.15) is 5.69 Å². The molecule has 0 amide bonds. The molecule has 0 saturated carbocycles. The molecule has 0 aliphatic carbocycles. The van der Waals surface area contributed by atoms with Crippen LogP contribution in [0.5, 0.6) is 0 Å². The number of carboxylic acid groups (broad SMARTS) is 1. The maximum absolute atomic E-state index is 10.8. The standard InChI is InChI=1S/C9H5BrN2O2S/c10-6-3-1-5(2-4-6)7-8(9(13)14)15-12-11-7/h1-4H,(H,13,14). The highest BCUT2D eigenvalue weighted by atomic mass is 79.9. The Bertz CT molecular complexity index is 495. The molecule has 0 radical (unpaired) electrons. The van der Waals surface area contributed by atoms with Crippen molar-refractivity contribution in [2.24, 2.45) is 0 Å². The minimum Gasteiger partial charge on any atom is -0.477 e. The van der Waals surface area contributed by atoms with E-state index >= 15 is 0 Å². The Morgan fingerprint density at radius 1 is 1.33 bits per heavy atom. The Balaban J connectivity index is 2.49. The highest BCUT2D eigenvalue weighted by Gasteiger charge is 2.16. The highest BCUT2D eigenvalue weighted by molar-refractivity contribution is 9.10. The van der Waals surface area contributed by atoms with Crippen LogP contribution in [0.2, 0.25) is 0 Å². The third-order valence-electron chi connectivity index (χ3n) is 1.80. The molecule has 1 aromatic heterocycles. The fourth-order valence-corrected chi connectivity index (χ4v) is 1.92. The number of aromatic nitrogens is 2. The van der Waals surface area contributed by atoms with Crippen LogP contribution in [0.3, 0.4) is 0 Å². The third-order valence-corrected chi connectivity index (χ3v) is 3.04. The van der Waals surface area contributed by atoms with Crippen LogP contribution >= 0.6 is 27.5 Å². The van der Waals surface area contributed by atoms with Crippen molar-refractivity contribution in [2.75, 3.05) is 0 Å². The molecule has 1 N–H and O–H groups in total. The van der Waals surface area contributed by atoms with Crippen molar-refractivity contribution in [3.63, 3.8) is 0 Å². The molecule has 0 unspecified atom stereocenters. The number of rotatable bonds is 2. The lowest BCUT2D eigenvalue weighted by Gasteiger charge is -1.97. The second-order valence-corrected chi connectivity index (χ2v) is 4.43. The number of halogens is 1. The number of nitrogens with zero attached hydrogens (tertiary/aromatic N) is 2. The predicted molar refractivity (Wildman–Crippen MR) is 60.0 cm³/mol. The van der Waals surface area contributed by atoms with Crippen molar-refractivity contribution in [3.8, 4) is 11.3 Å². The van der Waals surface area contributed by atoms with Gasteiger partial charge in [-0.05, 0) is 23.7 Å². The minimum atomic E-state index is -0.997. The van der Waals surface area contributed by atoms with Gasteiger partial charge in [0.2, 0.25) is 0 Å². The molecule has 0 aliphatic rings. The Morgan fingerprint density at radius 2 is 2.00 bits per heavy atom. The van der Waals surface area contributed by atoms with Crippen LogP contribution in [0.25, 0.3) is 11.3 Å². The molecule has 2 rings (SSSR count). The second-order valence-electron chi connectivity index (χ2n) is 2.76. The van der Waals surface area contributed by atoms with Crippen molar-refractivity contribution < 1.29 is 9.90 Å². The fourth-order valence-electron chi connectivity index (χ4n) is 1.13. The third kappa shape index (κ3) is 2.05. The molecular weight excluding hydrogens is 280 g/mol. The van der Waals surface area contributed by atoms with Crippen LogP contribution < -0.4 is 0 Å². The Kier molecular flexibility index (Phi) is 2.79. The minimum absolute atomic E-state index is 0.164. The van der Waals surface area contributed by atoms with Gasteiger partial charge in [-0.25, -0.2) is 4.79 Å². The van der Waals surface area contributed by atoms with Gasteiger partial charge in [-0.15, -0.1) is 5.10 Å². The normalized spacial score (nSPS) is 10.2. The Labute approximate surface area is 97.9 Å². The topological polar surface area (TPSA) is 63.1 Å². The number of carbonyl (C=O) groups is 1. The van der Waals surface area contributed by atoms with Gasteiger partial charge in [0.15, 0.2) is 4.88 Å². The maximum atomic E-state index is 10.8. The first-order valence-corrected chi connectivity index (χ1v) is 5.56. The van der Waals surface area contributed by atoms with Crippen LogP contribution in [0.1, 0.15) is 9.67 Å². The van der Waals surface area contributed by atoms with E-state index in [1.807, 2.05) is 12.1 Å². The van der Waals surface area contributed by atoms with E-state index in [-0.39, 0.29) is 4.88 Å². The number of hydrogen-bond donors (Lipinski definition) is 1. The van der Waals surface area contributed by atoms with E-state index in [1.165, 1.54) is 0 Å². The van der Waals surface area contributed by atoms with Crippen LogP contribution in [0, 0.1) is 0 Å². The smallest absolute Gasteiger partial charge is 0.349 e. The van der Waals surface area contributed by atoms with Gasteiger partial charge >= 0.3 is 5.97 Å². The predicted octanol–water partition coefficient (Wildman–Crippen LogP) is 2.67. The lowest BCUT2D eigenvalue weighted by Crippen LogP contribution is -1.95. The van der Waals surface area contributed by atoms with Crippen molar-refractivity contribution in [3.05, 3.63) is 33.6 Å². The average molecular weight is 285 g/mol. The van der Waals surface area contributed by atoms with Crippen LogP contribution in [-0.2, 0) is 0 Å². The lowest BCUT2D eigenvalue weighted by atomic mass is 10.1. The molecule has 76 valence electrons. The summed E-state index contributed by atoms with van der Waals surface area (Å²) in [5, 5.41) is 12.7. The quantitative estimate of drug-likeness (QED) is 0.921. The van der Waals surface area contributed by atoms with Gasteiger partial charge in [-0.1, -0.05) is 32.6 Å². The summed E-state index contributed by atoms with van der Waals surface area (Å²) in [7, 11) is 0. The van der Waals surface area contributed by atoms with Gasteiger partial charge in [-0.3, -0.25) is 0 Å². The summed E-state index contributed by atoms with van der Waals surface area (Å²) in [4.78, 5) is 11.0. The van der Waals surface area contributed by atoms with E-state index in [0.717, 1.165) is 21.6 Å². The fraction of sp³-hybridized carbons (Fsp3) is 0. The molecule has 0 fully saturated rings. The first-order chi connectivity index (χ1) is 7.18. The SMILES string of the molecule is O=C(O)c1snnc1-c1ccc(Br)cc1. The van der Waals surface area contributed by atoms with Gasteiger partial charge in [0.25, 0.3) is 0 Å². The molecule has 0 atom stereocenters. The zero-order chi connectivity index (χ0) is 10.8. The lowest BCUT2D eigenvalue weighted by molar-refractivity contribution is 0.0702. The first-order valence-electron chi connectivity index (χ1n) is 4.00. The summed E-state index contributed by atoms with van der Waals surface area (Å²) in [5.41, 5.74) is 1.17. The van der Waals surface area contributed by atoms with E-state index in [0.29, 0.717) is 5.69 Å². The number of hydrogen-bond acceptors (Lipinski definition) is 4. The zero-order valence-electron chi connectivity index (χ0n) is 7.35. The second kappa shape index (κ2) is 4.08. The monoisotopic (exact) mass is 284 g/mol. The molecule has 2 aromatic rings. The summed E-state index contributed by atoms with van der Waals surface area (Å²) < 4.78 is 4.58. The van der Waals surface area contributed by atoms with E-state index in [2.05, 4.69) is 25.5 Å². The number of aromatic carboxylic acids is 1. The summed E-state index contributed by atoms with van der Waals surface area (Å²) in [6.07, 6.45) is 0. The van der Waals surface area contributed by atoms with Gasteiger partial charge < -0.3 is 5.11 Å². The van der Waals surface area contributed by atoms with E-state index < -0.39 is 5.97 Å². The van der Waals surface area contributed by atoms with Crippen molar-refractivity contribution >= 4 is 33.4 Å². The summed E-state index contributed by atoms with van der Waals surface area (Å²) in [6.45, 7) is 0. The summed E-state index contributed by atoms with van der Waals surface area (Å²) >= 11 is 4.19. The van der Waals surface area contributed by atoms with Crippen LogP contribution in [0.4, 0.5) is 0 Å². The maximum Gasteiger partial charge on any atom is 0.349 e. The van der Waals surface area contributed by atoms with Gasteiger partial charge in [0, 0.05) is 10.0 Å². The Morgan fingerprint density at radius 3 is 2.60 bits per heavy atom. The molecule has 4 nitrogen and oxygen atoms in total. The van der Waals surface area contributed by atoms with Crippen molar-refractivity contribution in [1.82, 2.24) is 9.59 Å². The van der Waals surface area contributed by atoms with E-state index in [1.54, 1.807) is 12.1 Å². The van der Waals surface area contributed by atoms with Crippen molar-refractivity contribution in [1.29, 1.82) is 0 Å². The molecule has 0 aliphatic heterocycles.